The van der Waals surface area contributed by atoms with E-state index in [1.807, 2.05) is 45.9 Å². The molecule has 0 saturated carbocycles. The lowest BCUT2D eigenvalue weighted by Gasteiger charge is -2.11. The van der Waals surface area contributed by atoms with Crippen LogP contribution in [0.2, 0.25) is 0 Å². The minimum absolute atomic E-state index is 0.0209. The molecule has 3 nitrogen and oxygen atoms in total. The van der Waals surface area contributed by atoms with Crippen LogP contribution in [0.3, 0.4) is 0 Å². The second-order valence-corrected chi connectivity index (χ2v) is 6.59. The van der Waals surface area contributed by atoms with E-state index in [9.17, 15) is 4.21 Å². The Morgan fingerprint density at radius 3 is 2.63 bits per heavy atom. The molecule has 19 heavy (non-hydrogen) atoms. The maximum absolute atomic E-state index is 12.4. The summed E-state index contributed by atoms with van der Waals surface area (Å²) in [4.78, 5) is 4.28. The number of hydrogen-bond donors (Lipinski definition) is 0. The summed E-state index contributed by atoms with van der Waals surface area (Å²) in [5.74, 6) is 1.73. The summed E-state index contributed by atoms with van der Waals surface area (Å²) in [5.41, 5.74) is 3.15. The van der Waals surface area contributed by atoms with Crippen LogP contribution in [0.5, 0.6) is 0 Å². The van der Waals surface area contributed by atoms with E-state index in [1.54, 1.807) is 0 Å². The van der Waals surface area contributed by atoms with E-state index in [0.717, 1.165) is 17.0 Å². The van der Waals surface area contributed by atoms with E-state index in [0.29, 0.717) is 11.6 Å². The number of rotatable bonds is 4. The molecule has 0 spiro atoms. The molecule has 0 N–H and O–H groups in total. The van der Waals surface area contributed by atoms with Crippen LogP contribution < -0.4 is 0 Å². The topological polar surface area (TPSA) is 43.1 Å². The van der Waals surface area contributed by atoms with Crippen molar-refractivity contribution in [2.75, 3.05) is 0 Å². The van der Waals surface area contributed by atoms with Gasteiger partial charge >= 0.3 is 0 Å². The predicted octanol–water partition coefficient (Wildman–Crippen LogP) is 3.61. The summed E-state index contributed by atoms with van der Waals surface area (Å²) in [6, 6.07) is 8.13. The Balaban J connectivity index is 2.11. The highest BCUT2D eigenvalue weighted by Crippen LogP contribution is 2.23. The Labute approximate surface area is 116 Å². The molecule has 0 radical (unpaired) electrons. The first-order valence-corrected chi connectivity index (χ1v) is 7.72. The molecule has 2 unspecified atom stereocenters. The number of aryl methyl sites for hydroxylation is 3. The molecule has 1 aromatic heterocycles. The van der Waals surface area contributed by atoms with Crippen molar-refractivity contribution >= 4 is 10.8 Å². The molecule has 1 aromatic carbocycles. The van der Waals surface area contributed by atoms with Crippen molar-refractivity contribution in [3.8, 4) is 0 Å². The van der Waals surface area contributed by atoms with E-state index in [2.05, 4.69) is 11.1 Å². The number of aromatic nitrogens is 1. The van der Waals surface area contributed by atoms with Gasteiger partial charge in [-0.1, -0.05) is 29.8 Å². The van der Waals surface area contributed by atoms with Crippen LogP contribution in [0, 0.1) is 20.8 Å². The fourth-order valence-corrected chi connectivity index (χ4v) is 2.99. The third kappa shape index (κ3) is 3.32. The van der Waals surface area contributed by atoms with Crippen molar-refractivity contribution in [1.29, 1.82) is 0 Å². The fourth-order valence-electron chi connectivity index (χ4n) is 1.92. The molecule has 0 aliphatic heterocycles. The smallest absolute Gasteiger partial charge is 0.207 e. The highest BCUT2D eigenvalue weighted by Gasteiger charge is 2.17. The standard InChI is InChI=1S/C15H19NO2S/c1-10-6-5-7-14(8-10)13(4)19(17)9-15-16-11(2)12(3)18-15/h5-8,13H,9H2,1-4H3. The Morgan fingerprint density at radius 1 is 1.32 bits per heavy atom. The van der Waals surface area contributed by atoms with Gasteiger partial charge in [-0.3, -0.25) is 4.21 Å². The van der Waals surface area contributed by atoms with E-state index < -0.39 is 10.8 Å². The molecule has 0 amide bonds. The summed E-state index contributed by atoms with van der Waals surface area (Å²) in [6.07, 6.45) is 0. The summed E-state index contributed by atoms with van der Waals surface area (Å²) in [6.45, 7) is 7.79. The van der Waals surface area contributed by atoms with Gasteiger partial charge in [-0.05, 0) is 33.3 Å². The minimum atomic E-state index is -1.03. The second-order valence-electron chi connectivity index (χ2n) is 4.83. The van der Waals surface area contributed by atoms with Crippen molar-refractivity contribution in [2.45, 2.75) is 38.7 Å². The molecular formula is C15H19NO2S. The lowest BCUT2D eigenvalue weighted by Crippen LogP contribution is -2.06. The van der Waals surface area contributed by atoms with Crippen LogP contribution in [0.1, 0.15) is 40.6 Å². The van der Waals surface area contributed by atoms with Crippen molar-refractivity contribution < 1.29 is 8.63 Å². The first-order chi connectivity index (χ1) is 8.97. The molecule has 4 heteroatoms. The van der Waals surface area contributed by atoms with Crippen molar-refractivity contribution in [3.05, 3.63) is 52.7 Å². The molecule has 0 aliphatic rings. The van der Waals surface area contributed by atoms with Crippen LogP contribution in [-0.4, -0.2) is 9.19 Å². The number of oxazole rings is 1. The molecule has 2 aromatic rings. The number of nitrogens with zero attached hydrogens (tertiary/aromatic N) is 1. The summed E-state index contributed by atoms with van der Waals surface area (Å²) >= 11 is 0. The SMILES string of the molecule is Cc1cccc(C(C)S(=O)Cc2nc(C)c(C)o2)c1. The van der Waals surface area contributed by atoms with Gasteiger partial charge in [0.25, 0.3) is 0 Å². The van der Waals surface area contributed by atoms with Crippen LogP contribution in [0.25, 0.3) is 0 Å². The highest BCUT2D eigenvalue weighted by atomic mass is 32.2. The summed E-state index contributed by atoms with van der Waals surface area (Å²) in [5, 5.41) is -0.0209. The molecule has 0 saturated heterocycles. The molecular weight excluding hydrogens is 258 g/mol. The monoisotopic (exact) mass is 277 g/mol. The third-order valence-electron chi connectivity index (χ3n) is 3.24. The van der Waals surface area contributed by atoms with Crippen LogP contribution in [0.4, 0.5) is 0 Å². The lowest BCUT2D eigenvalue weighted by atomic mass is 10.1. The molecule has 2 rings (SSSR count). The summed E-state index contributed by atoms with van der Waals surface area (Å²) < 4.78 is 17.8. The van der Waals surface area contributed by atoms with Gasteiger partial charge in [0.15, 0.2) is 0 Å². The van der Waals surface area contributed by atoms with Crippen LogP contribution in [0.15, 0.2) is 28.7 Å². The number of hydrogen-bond acceptors (Lipinski definition) is 3. The Kier molecular flexibility index (Phi) is 4.20. The second kappa shape index (κ2) is 5.70. The van der Waals surface area contributed by atoms with Crippen LogP contribution >= 0.6 is 0 Å². The first-order valence-electron chi connectivity index (χ1n) is 6.34. The average molecular weight is 277 g/mol. The van der Waals surface area contributed by atoms with Crippen LogP contribution in [-0.2, 0) is 16.6 Å². The van der Waals surface area contributed by atoms with Gasteiger partial charge in [0.1, 0.15) is 11.5 Å². The Morgan fingerprint density at radius 2 is 2.05 bits per heavy atom. The van der Waals surface area contributed by atoms with E-state index >= 15 is 0 Å². The van der Waals surface area contributed by atoms with Gasteiger partial charge in [-0.2, -0.15) is 0 Å². The quantitative estimate of drug-likeness (QED) is 0.857. The normalized spacial score (nSPS) is 14.3. The zero-order valence-electron chi connectivity index (χ0n) is 11.8. The van der Waals surface area contributed by atoms with Gasteiger partial charge in [0, 0.05) is 10.8 Å². The van der Waals surface area contributed by atoms with Gasteiger partial charge in [-0.15, -0.1) is 0 Å². The van der Waals surface area contributed by atoms with Crippen molar-refractivity contribution in [2.24, 2.45) is 0 Å². The van der Waals surface area contributed by atoms with Gasteiger partial charge < -0.3 is 4.42 Å². The molecule has 2 atom stereocenters. The Hall–Kier alpha value is -1.42. The zero-order chi connectivity index (χ0) is 14.0. The molecule has 1 heterocycles. The maximum atomic E-state index is 12.4. The van der Waals surface area contributed by atoms with Crippen molar-refractivity contribution in [3.63, 3.8) is 0 Å². The highest BCUT2D eigenvalue weighted by molar-refractivity contribution is 7.84. The predicted molar refractivity (Wildman–Crippen MR) is 77.4 cm³/mol. The first kappa shape index (κ1) is 14.0. The van der Waals surface area contributed by atoms with Gasteiger partial charge in [-0.25, -0.2) is 4.98 Å². The van der Waals surface area contributed by atoms with Gasteiger partial charge in [0.05, 0.1) is 10.9 Å². The molecule has 0 aliphatic carbocycles. The third-order valence-corrected chi connectivity index (χ3v) is 4.84. The largest absolute Gasteiger partial charge is 0.445 e. The summed E-state index contributed by atoms with van der Waals surface area (Å²) in [7, 11) is -1.03. The maximum Gasteiger partial charge on any atom is 0.207 e. The van der Waals surface area contributed by atoms with E-state index in [4.69, 9.17) is 4.42 Å². The minimum Gasteiger partial charge on any atom is -0.445 e. The Bertz CT molecular complexity index is 584. The zero-order valence-corrected chi connectivity index (χ0v) is 12.6. The molecule has 0 bridgehead atoms. The number of benzene rings is 1. The molecule has 0 fully saturated rings. The van der Waals surface area contributed by atoms with Crippen molar-refractivity contribution in [1.82, 2.24) is 4.98 Å². The fraction of sp³-hybridized carbons (Fsp3) is 0.400. The average Bonchev–Trinajstić information content (AvgIpc) is 2.67. The lowest BCUT2D eigenvalue weighted by molar-refractivity contribution is 0.487. The van der Waals surface area contributed by atoms with Gasteiger partial charge in [0.2, 0.25) is 5.89 Å². The molecule has 102 valence electrons. The van der Waals surface area contributed by atoms with E-state index in [1.165, 1.54) is 5.56 Å². The van der Waals surface area contributed by atoms with E-state index in [-0.39, 0.29) is 5.25 Å².